The van der Waals surface area contributed by atoms with E-state index in [1.165, 1.54) is 6.42 Å². The van der Waals surface area contributed by atoms with Gasteiger partial charge in [-0.05, 0) is 36.4 Å². The summed E-state index contributed by atoms with van der Waals surface area (Å²) in [6.07, 6.45) is 1.80. The quantitative estimate of drug-likeness (QED) is 0.845. The summed E-state index contributed by atoms with van der Waals surface area (Å²) in [5, 5.41) is 2.97. The molecule has 0 saturated carbocycles. The lowest BCUT2D eigenvalue weighted by atomic mass is 9.95. The van der Waals surface area contributed by atoms with E-state index in [0.717, 1.165) is 42.7 Å². The number of nitrogens with one attached hydrogen (secondary N) is 1. The molecule has 0 aromatic heterocycles. The molecule has 1 aliphatic rings. The van der Waals surface area contributed by atoms with Crippen LogP contribution in [0.25, 0.3) is 0 Å². The lowest BCUT2D eigenvalue weighted by Gasteiger charge is -2.17. The van der Waals surface area contributed by atoms with Crippen LogP contribution in [0.2, 0.25) is 0 Å². The largest absolute Gasteiger partial charge is 0.326 e. The summed E-state index contributed by atoms with van der Waals surface area (Å²) in [7, 11) is 0. The van der Waals surface area contributed by atoms with Crippen LogP contribution in [0.15, 0.2) is 24.3 Å². The third-order valence-corrected chi connectivity index (χ3v) is 4.42. The molecule has 116 valence electrons. The van der Waals surface area contributed by atoms with Crippen molar-refractivity contribution in [2.75, 3.05) is 25.0 Å². The summed E-state index contributed by atoms with van der Waals surface area (Å²) in [6.45, 7) is 8.10. The number of likely N-dealkylation sites (tertiary alicyclic amines) is 1. The van der Waals surface area contributed by atoms with E-state index >= 15 is 0 Å². The molecule has 0 radical (unpaired) electrons. The molecule has 21 heavy (non-hydrogen) atoms. The third-order valence-electron chi connectivity index (χ3n) is 4.42. The first-order chi connectivity index (χ1) is 10.1. The highest BCUT2D eigenvalue weighted by molar-refractivity contribution is 5.91. The second kappa shape index (κ2) is 7.57. The minimum atomic E-state index is 0.0731. The average Bonchev–Trinajstić information content (AvgIpc) is 2.95. The van der Waals surface area contributed by atoms with E-state index in [0.29, 0.717) is 13.0 Å². The van der Waals surface area contributed by atoms with E-state index in [9.17, 15) is 4.79 Å². The monoisotopic (exact) mass is 289 g/mol. The number of carbonyl (C=O) groups is 1. The summed E-state index contributed by atoms with van der Waals surface area (Å²) >= 11 is 0. The summed E-state index contributed by atoms with van der Waals surface area (Å²) in [5.74, 6) is 1.59. The van der Waals surface area contributed by atoms with Crippen LogP contribution in [0.5, 0.6) is 0 Å². The number of benzene rings is 1. The van der Waals surface area contributed by atoms with Crippen molar-refractivity contribution in [2.24, 2.45) is 17.6 Å². The maximum atomic E-state index is 12.1. The van der Waals surface area contributed by atoms with Crippen molar-refractivity contribution in [3.63, 3.8) is 0 Å². The molecule has 1 aromatic rings. The van der Waals surface area contributed by atoms with Gasteiger partial charge in [0.15, 0.2) is 0 Å². The number of hydrogen-bond donors (Lipinski definition) is 2. The Morgan fingerprint density at radius 3 is 2.86 bits per heavy atom. The third kappa shape index (κ3) is 4.55. The van der Waals surface area contributed by atoms with Crippen LogP contribution in [-0.2, 0) is 11.3 Å². The van der Waals surface area contributed by atoms with Crippen LogP contribution < -0.4 is 11.1 Å². The van der Waals surface area contributed by atoms with E-state index in [-0.39, 0.29) is 5.91 Å². The molecule has 1 aliphatic heterocycles. The molecular formula is C17H27N3O. The molecule has 4 nitrogen and oxygen atoms in total. The van der Waals surface area contributed by atoms with E-state index in [2.05, 4.69) is 24.1 Å². The van der Waals surface area contributed by atoms with E-state index in [1.54, 1.807) is 0 Å². The van der Waals surface area contributed by atoms with Gasteiger partial charge in [0.25, 0.3) is 0 Å². The molecule has 1 atom stereocenters. The van der Waals surface area contributed by atoms with Crippen molar-refractivity contribution in [3.05, 3.63) is 29.8 Å². The summed E-state index contributed by atoms with van der Waals surface area (Å²) in [5.41, 5.74) is 7.50. The highest BCUT2D eigenvalue weighted by atomic mass is 16.1. The van der Waals surface area contributed by atoms with Gasteiger partial charge in [-0.2, -0.15) is 0 Å². The SMILES string of the molecule is CC(C)C1CCN(CCC(=O)Nc2ccccc2CN)C1. The van der Waals surface area contributed by atoms with Crippen molar-refractivity contribution < 1.29 is 4.79 Å². The molecule has 0 aliphatic carbocycles. The topological polar surface area (TPSA) is 58.4 Å². The molecule has 1 amide bonds. The first-order valence-corrected chi connectivity index (χ1v) is 7.90. The first-order valence-electron chi connectivity index (χ1n) is 7.90. The average molecular weight is 289 g/mol. The van der Waals surface area contributed by atoms with E-state index in [1.807, 2.05) is 24.3 Å². The van der Waals surface area contributed by atoms with Crippen molar-refractivity contribution in [2.45, 2.75) is 33.2 Å². The number of nitrogens with two attached hydrogens (primary N) is 1. The standard InChI is InChI=1S/C17H27N3O/c1-13(2)15-7-9-20(12-15)10-8-17(21)19-16-6-4-3-5-14(16)11-18/h3-6,13,15H,7-12,18H2,1-2H3,(H,19,21). The van der Waals surface area contributed by atoms with Crippen LogP contribution in [0.1, 0.15) is 32.3 Å². The van der Waals surface area contributed by atoms with Gasteiger partial charge in [-0.1, -0.05) is 32.0 Å². The number of nitrogens with zero attached hydrogens (tertiary/aromatic N) is 1. The van der Waals surface area contributed by atoms with Gasteiger partial charge >= 0.3 is 0 Å². The fraction of sp³-hybridized carbons (Fsp3) is 0.588. The maximum Gasteiger partial charge on any atom is 0.225 e. The molecule has 1 unspecified atom stereocenters. The summed E-state index contributed by atoms with van der Waals surface area (Å²) < 4.78 is 0. The van der Waals surface area contributed by atoms with Crippen LogP contribution in [0.3, 0.4) is 0 Å². The first kappa shape index (κ1) is 16.0. The number of hydrogen-bond acceptors (Lipinski definition) is 3. The predicted octanol–water partition coefficient (Wildman–Crippen LogP) is 2.45. The Morgan fingerprint density at radius 2 is 2.19 bits per heavy atom. The Balaban J connectivity index is 1.78. The fourth-order valence-electron chi connectivity index (χ4n) is 2.90. The van der Waals surface area contributed by atoms with Crippen molar-refractivity contribution in [1.29, 1.82) is 0 Å². The zero-order valence-corrected chi connectivity index (χ0v) is 13.1. The lowest BCUT2D eigenvalue weighted by Crippen LogP contribution is -2.27. The fourth-order valence-corrected chi connectivity index (χ4v) is 2.90. The number of rotatable bonds is 6. The molecule has 3 N–H and O–H groups in total. The number of carbonyl (C=O) groups excluding carboxylic acids is 1. The van der Waals surface area contributed by atoms with Crippen molar-refractivity contribution in [1.82, 2.24) is 4.90 Å². The predicted molar refractivity (Wildman–Crippen MR) is 87.0 cm³/mol. The van der Waals surface area contributed by atoms with Crippen LogP contribution in [-0.4, -0.2) is 30.4 Å². The van der Waals surface area contributed by atoms with Crippen LogP contribution >= 0.6 is 0 Å². The molecule has 0 spiro atoms. The van der Waals surface area contributed by atoms with Crippen LogP contribution in [0, 0.1) is 11.8 Å². The molecular weight excluding hydrogens is 262 g/mol. The van der Waals surface area contributed by atoms with Gasteiger partial charge in [0, 0.05) is 31.7 Å². The second-order valence-corrected chi connectivity index (χ2v) is 6.25. The van der Waals surface area contributed by atoms with Gasteiger partial charge < -0.3 is 16.0 Å². The summed E-state index contributed by atoms with van der Waals surface area (Å²) in [4.78, 5) is 14.5. The molecule has 1 fully saturated rings. The molecule has 1 heterocycles. The summed E-state index contributed by atoms with van der Waals surface area (Å²) in [6, 6.07) is 7.71. The zero-order valence-electron chi connectivity index (χ0n) is 13.1. The zero-order chi connectivity index (χ0) is 15.2. The van der Waals surface area contributed by atoms with Gasteiger partial charge in [-0.3, -0.25) is 4.79 Å². The van der Waals surface area contributed by atoms with Crippen molar-refractivity contribution in [3.8, 4) is 0 Å². The van der Waals surface area contributed by atoms with Crippen molar-refractivity contribution >= 4 is 11.6 Å². The van der Waals surface area contributed by atoms with E-state index in [4.69, 9.17) is 5.73 Å². The number of amides is 1. The van der Waals surface area contributed by atoms with E-state index < -0.39 is 0 Å². The highest BCUT2D eigenvalue weighted by Gasteiger charge is 2.24. The maximum absolute atomic E-state index is 12.1. The second-order valence-electron chi connectivity index (χ2n) is 6.25. The van der Waals surface area contributed by atoms with Gasteiger partial charge in [0.2, 0.25) is 5.91 Å². The molecule has 1 saturated heterocycles. The molecule has 2 rings (SSSR count). The minimum Gasteiger partial charge on any atom is -0.326 e. The molecule has 4 heteroatoms. The Hall–Kier alpha value is -1.39. The van der Waals surface area contributed by atoms with Gasteiger partial charge in [-0.15, -0.1) is 0 Å². The van der Waals surface area contributed by atoms with Gasteiger partial charge in [-0.25, -0.2) is 0 Å². The number of anilines is 1. The van der Waals surface area contributed by atoms with Gasteiger partial charge in [0.05, 0.1) is 0 Å². The lowest BCUT2D eigenvalue weighted by molar-refractivity contribution is -0.116. The Morgan fingerprint density at radius 1 is 1.43 bits per heavy atom. The highest BCUT2D eigenvalue weighted by Crippen LogP contribution is 2.23. The number of para-hydroxylation sites is 1. The van der Waals surface area contributed by atoms with Crippen LogP contribution in [0.4, 0.5) is 5.69 Å². The molecule has 0 bridgehead atoms. The smallest absolute Gasteiger partial charge is 0.225 e. The molecule has 1 aromatic carbocycles. The van der Waals surface area contributed by atoms with Gasteiger partial charge in [0.1, 0.15) is 0 Å². The Labute approximate surface area is 127 Å². The normalized spacial score (nSPS) is 19.1. The minimum absolute atomic E-state index is 0.0731. The Bertz CT molecular complexity index is 473. The Kier molecular flexibility index (Phi) is 5.76.